The summed E-state index contributed by atoms with van der Waals surface area (Å²) in [5.74, 6) is -1.42. The molecular formula is C11H14FNO5. The number of hydrogen-bond acceptors (Lipinski definition) is 5. The Labute approximate surface area is 103 Å². The number of nitrogens with one attached hydrogen (secondary N) is 1. The summed E-state index contributed by atoms with van der Waals surface area (Å²) in [6.45, 7) is 3.34. The molecule has 0 amide bonds. The number of benzene rings is 1. The van der Waals surface area contributed by atoms with Crippen molar-refractivity contribution in [2.24, 2.45) is 0 Å². The average molecular weight is 259 g/mol. The molecule has 1 aromatic rings. The van der Waals surface area contributed by atoms with Crippen molar-refractivity contribution < 1.29 is 29.1 Å². The largest absolute Gasteiger partial charge is 0.595 e. The Kier molecular flexibility index (Phi) is 5.02. The molecule has 0 aromatic heterocycles. The molecule has 0 aliphatic carbocycles. The maximum Gasteiger partial charge on any atom is 0.347 e. The summed E-state index contributed by atoms with van der Waals surface area (Å²) in [5, 5.41) is 17.9. The normalized spacial score (nSPS) is 13.8. The van der Waals surface area contributed by atoms with Crippen molar-refractivity contribution in [3.05, 3.63) is 29.2 Å². The Hall–Kier alpha value is -1.70. The zero-order chi connectivity index (χ0) is 13.7. The highest BCUT2D eigenvalue weighted by molar-refractivity contribution is 5.74. The average Bonchev–Trinajstić information content (AvgIpc) is 2.28. The third-order valence-electron chi connectivity index (χ3n) is 2.10. The first-order chi connectivity index (χ1) is 8.45. The molecule has 0 fully saturated rings. The molecule has 100 valence electrons. The van der Waals surface area contributed by atoms with E-state index in [0.29, 0.717) is 0 Å². The van der Waals surface area contributed by atoms with Crippen LogP contribution in [0.2, 0.25) is 0 Å². The number of hydrogen-bond donors (Lipinski definition) is 2. The zero-order valence-corrected chi connectivity index (χ0v) is 9.97. The highest BCUT2D eigenvalue weighted by atomic mass is 19.1. The molecule has 0 saturated heterocycles. The van der Waals surface area contributed by atoms with Gasteiger partial charge in [0.1, 0.15) is 5.75 Å². The third kappa shape index (κ3) is 3.66. The van der Waals surface area contributed by atoms with Crippen LogP contribution in [0.1, 0.15) is 13.8 Å². The quantitative estimate of drug-likeness (QED) is 0.596. The standard InChI is InChI=1S/C11H14FNO5/c1-3-17-11(14)7(2)18-8-4-5-10(13(15)16)9(12)6-8/h4-7,13,15H,3H2,1-2H3/t7-/m1/s1. The van der Waals surface area contributed by atoms with Crippen molar-refractivity contribution >= 4 is 11.7 Å². The molecule has 6 nitrogen and oxygen atoms in total. The molecule has 1 aromatic carbocycles. The van der Waals surface area contributed by atoms with Gasteiger partial charge in [-0.3, -0.25) is 0 Å². The second-order valence-electron chi connectivity index (χ2n) is 3.46. The maximum absolute atomic E-state index is 13.3. The van der Waals surface area contributed by atoms with Gasteiger partial charge in [0.15, 0.2) is 17.6 Å². The molecule has 0 bridgehead atoms. The SMILES string of the molecule is CCOC(=O)[C@@H](C)Oc1ccc([NH+]([O-])O)c(F)c1. The summed E-state index contributed by atoms with van der Waals surface area (Å²) in [6.07, 6.45) is -0.889. The number of esters is 1. The fourth-order valence-electron chi connectivity index (χ4n) is 1.25. The lowest BCUT2D eigenvalue weighted by atomic mass is 10.3. The molecule has 18 heavy (non-hydrogen) atoms. The van der Waals surface area contributed by atoms with Gasteiger partial charge in [-0.05, 0) is 19.9 Å². The molecular weight excluding hydrogens is 245 g/mol. The summed E-state index contributed by atoms with van der Waals surface area (Å²) in [5.41, 5.74) is -0.453. The summed E-state index contributed by atoms with van der Waals surface area (Å²) < 4.78 is 23.2. The number of quaternary nitrogens is 1. The summed E-state index contributed by atoms with van der Waals surface area (Å²) in [7, 11) is 0. The summed E-state index contributed by atoms with van der Waals surface area (Å²) in [4.78, 5) is 11.3. The van der Waals surface area contributed by atoms with Gasteiger partial charge in [0.05, 0.1) is 6.61 Å². The first kappa shape index (κ1) is 14.4. The molecule has 0 saturated carbocycles. The van der Waals surface area contributed by atoms with Crippen LogP contribution in [0.4, 0.5) is 10.1 Å². The first-order valence-electron chi connectivity index (χ1n) is 5.31. The molecule has 1 rings (SSSR count). The first-order valence-corrected chi connectivity index (χ1v) is 5.31. The Bertz CT molecular complexity index is 424. The lowest BCUT2D eigenvalue weighted by molar-refractivity contribution is -0.992. The van der Waals surface area contributed by atoms with E-state index in [1.165, 1.54) is 13.0 Å². The third-order valence-corrected chi connectivity index (χ3v) is 2.10. The monoisotopic (exact) mass is 259 g/mol. The topological polar surface area (TPSA) is 83.3 Å². The molecule has 2 N–H and O–H groups in total. The smallest absolute Gasteiger partial charge is 0.347 e. The Morgan fingerprint density at radius 2 is 2.28 bits per heavy atom. The van der Waals surface area contributed by atoms with Crippen molar-refractivity contribution in [1.82, 2.24) is 0 Å². The van der Waals surface area contributed by atoms with E-state index in [2.05, 4.69) is 0 Å². The number of carbonyl (C=O) groups is 1. The van der Waals surface area contributed by atoms with Crippen molar-refractivity contribution in [2.45, 2.75) is 20.0 Å². The van der Waals surface area contributed by atoms with Crippen molar-refractivity contribution in [2.75, 3.05) is 6.61 Å². The van der Waals surface area contributed by atoms with Crippen molar-refractivity contribution in [1.29, 1.82) is 0 Å². The van der Waals surface area contributed by atoms with E-state index in [-0.39, 0.29) is 12.4 Å². The van der Waals surface area contributed by atoms with Gasteiger partial charge in [-0.15, -0.1) is 0 Å². The number of ether oxygens (including phenoxy) is 2. The van der Waals surface area contributed by atoms with Crippen LogP contribution in [0.3, 0.4) is 0 Å². The molecule has 7 heteroatoms. The van der Waals surface area contributed by atoms with Crippen LogP contribution in [0, 0.1) is 11.0 Å². The van der Waals surface area contributed by atoms with Crippen LogP contribution in [-0.2, 0) is 9.53 Å². The molecule has 2 atom stereocenters. The van der Waals surface area contributed by atoms with Crippen LogP contribution in [0.15, 0.2) is 18.2 Å². The number of carbonyl (C=O) groups excluding carboxylic acids is 1. The fourth-order valence-corrected chi connectivity index (χ4v) is 1.25. The minimum absolute atomic E-state index is 0.0676. The molecule has 1 unspecified atom stereocenters. The summed E-state index contributed by atoms with van der Waals surface area (Å²) >= 11 is 0. The van der Waals surface area contributed by atoms with E-state index >= 15 is 0 Å². The Balaban J connectivity index is 2.74. The van der Waals surface area contributed by atoms with Crippen LogP contribution < -0.4 is 9.96 Å². The Morgan fingerprint density at radius 1 is 1.61 bits per heavy atom. The lowest BCUT2D eigenvalue weighted by Crippen LogP contribution is -2.99. The van der Waals surface area contributed by atoms with E-state index in [1.54, 1.807) is 6.92 Å². The van der Waals surface area contributed by atoms with Crippen LogP contribution >= 0.6 is 0 Å². The lowest BCUT2D eigenvalue weighted by Gasteiger charge is -2.15. The predicted molar refractivity (Wildman–Crippen MR) is 58.9 cm³/mol. The van der Waals surface area contributed by atoms with Gasteiger partial charge in [-0.1, -0.05) is 0 Å². The molecule has 0 heterocycles. The minimum Gasteiger partial charge on any atom is -0.595 e. The molecule has 0 aliphatic rings. The van der Waals surface area contributed by atoms with Gasteiger partial charge in [-0.2, -0.15) is 5.23 Å². The Morgan fingerprint density at radius 3 is 2.78 bits per heavy atom. The fraction of sp³-hybridized carbons (Fsp3) is 0.364. The van der Waals surface area contributed by atoms with Crippen molar-refractivity contribution in [3.63, 3.8) is 0 Å². The number of rotatable bonds is 5. The van der Waals surface area contributed by atoms with E-state index in [9.17, 15) is 14.4 Å². The van der Waals surface area contributed by atoms with Gasteiger partial charge >= 0.3 is 5.97 Å². The van der Waals surface area contributed by atoms with E-state index in [1.807, 2.05) is 0 Å². The summed E-state index contributed by atoms with van der Waals surface area (Å²) in [6, 6.07) is 3.27. The van der Waals surface area contributed by atoms with Crippen molar-refractivity contribution in [3.8, 4) is 5.75 Å². The zero-order valence-electron chi connectivity index (χ0n) is 9.97. The molecule has 0 spiro atoms. The van der Waals surface area contributed by atoms with Gasteiger partial charge in [0.25, 0.3) is 0 Å². The second kappa shape index (κ2) is 6.29. The highest BCUT2D eigenvalue weighted by Gasteiger charge is 2.17. The highest BCUT2D eigenvalue weighted by Crippen LogP contribution is 2.19. The van der Waals surface area contributed by atoms with Gasteiger partial charge in [-0.25, -0.2) is 14.4 Å². The van der Waals surface area contributed by atoms with E-state index in [0.717, 1.165) is 12.1 Å². The van der Waals surface area contributed by atoms with Crippen LogP contribution in [0.25, 0.3) is 0 Å². The van der Waals surface area contributed by atoms with E-state index < -0.39 is 28.8 Å². The van der Waals surface area contributed by atoms with Gasteiger partial charge in [0, 0.05) is 12.1 Å². The van der Waals surface area contributed by atoms with E-state index in [4.69, 9.17) is 14.7 Å². The maximum atomic E-state index is 13.3. The molecule has 0 aliphatic heterocycles. The second-order valence-corrected chi connectivity index (χ2v) is 3.46. The minimum atomic E-state index is -1.36. The predicted octanol–water partition coefficient (Wildman–Crippen LogP) is 0.559. The number of halogens is 1. The van der Waals surface area contributed by atoms with Gasteiger partial charge in [0.2, 0.25) is 0 Å². The van der Waals surface area contributed by atoms with Crippen LogP contribution in [0.5, 0.6) is 5.75 Å². The van der Waals surface area contributed by atoms with Gasteiger partial charge < -0.3 is 14.7 Å². The molecule has 0 radical (unpaired) electrons. The van der Waals surface area contributed by atoms with Crippen LogP contribution in [-0.4, -0.2) is 23.9 Å².